The fraction of sp³-hybridized carbons (Fsp3) is 0.636. The van der Waals surface area contributed by atoms with Gasteiger partial charge < -0.3 is 9.64 Å². The van der Waals surface area contributed by atoms with Gasteiger partial charge in [0, 0.05) is 31.0 Å². The van der Waals surface area contributed by atoms with Gasteiger partial charge in [-0.1, -0.05) is 11.6 Å². The van der Waals surface area contributed by atoms with Crippen LogP contribution >= 0.6 is 22.9 Å². The molecule has 6 heteroatoms. The molecule has 0 saturated carbocycles. The molecule has 1 amide bonds. The number of nitrogens with zero attached hydrogens (tertiary/aromatic N) is 2. The van der Waals surface area contributed by atoms with Crippen molar-refractivity contribution in [3.63, 3.8) is 0 Å². The van der Waals surface area contributed by atoms with E-state index in [4.69, 9.17) is 16.3 Å². The average molecular weight is 275 g/mol. The molecule has 1 fully saturated rings. The van der Waals surface area contributed by atoms with Crippen LogP contribution in [0.1, 0.15) is 23.8 Å². The maximum atomic E-state index is 12.1. The molecule has 17 heavy (non-hydrogen) atoms. The lowest BCUT2D eigenvalue weighted by atomic mass is 10.1. The average Bonchev–Trinajstić information content (AvgIpc) is 2.94. The summed E-state index contributed by atoms with van der Waals surface area (Å²) in [7, 11) is 0. The lowest BCUT2D eigenvalue weighted by Crippen LogP contribution is -2.29. The first-order chi connectivity index (χ1) is 8.20. The van der Waals surface area contributed by atoms with Gasteiger partial charge in [0.25, 0.3) is 5.91 Å². The van der Waals surface area contributed by atoms with Crippen LogP contribution in [0.3, 0.4) is 0 Å². The molecule has 0 spiro atoms. The summed E-state index contributed by atoms with van der Waals surface area (Å²) in [5, 5.41) is 1.71. The van der Waals surface area contributed by atoms with Crippen LogP contribution in [-0.2, 0) is 4.74 Å². The fourth-order valence-electron chi connectivity index (χ4n) is 1.95. The van der Waals surface area contributed by atoms with Crippen LogP contribution in [0, 0.1) is 5.92 Å². The number of ether oxygens (including phenoxy) is 1. The molecule has 1 unspecified atom stereocenters. The van der Waals surface area contributed by atoms with Crippen molar-refractivity contribution >= 4 is 28.8 Å². The van der Waals surface area contributed by atoms with Crippen molar-refractivity contribution < 1.29 is 9.53 Å². The lowest BCUT2D eigenvalue weighted by Gasteiger charge is -2.15. The van der Waals surface area contributed by atoms with Gasteiger partial charge in [0.1, 0.15) is 5.69 Å². The number of thiazole rings is 1. The summed E-state index contributed by atoms with van der Waals surface area (Å²) in [4.78, 5) is 17.9. The topological polar surface area (TPSA) is 42.4 Å². The zero-order chi connectivity index (χ0) is 12.3. The summed E-state index contributed by atoms with van der Waals surface area (Å²) in [6.45, 7) is 4.99. The highest BCUT2D eigenvalue weighted by atomic mass is 35.5. The molecule has 0 bridgehead atoms. The number of likely N-dealkylation sites (tertiary alicyclic amines) is 1. The van der Waals surface area contributed by atoms with E-state index in [1.54, 1.807) is 5.38 Å². The van der Waals surface area contributed by atoms with E-state index in [0.29, 0.717) is 16.1 Å². The standard InChI is InChI=1S/C11H15ClN2O2S/c1-2-16-6-8-3-4-14(5-8)10(15)9-7-17-11(12)13-9/h7-8H,2-6H2,1H3. The predicted molar refractivity (Wildman–Crippen MR) is 67.6 cm³/mol. The summed E-state index contributed by atoms with van der Waals surface area (Å²) in [6, 6.07) is 0. The smallest absolute Gasteiger partial charge is 0.273 e. The molecule has 1 aromatic heterocycles. The number of rotatable bonds is 4. The van der Waals surface area contributed by atoms with Gasteiger partial charge in [-0.3, -0.25) is 4.79 Å². The van der Waals surface area contributed by atoms with Gasteiger partial charge >= 0.3 is 0 Å². The molecule has 1 saturated heterocycles. The molecule has 1 aromatic rings. The molecule has 1 atom stereocenters. The van der Waals surface area contributed by atoms with E-state index in [1.807, 2.05) is 11.8 Å². The SMILES string of the molecule is CCOCC1CCN(C(=O)c2csc(Cl)n2)C1. The van der Waals surface area contributed by atoms with E-state index in [2.05, 4.69) is 4.98 Å². The molecular weight excluding hydrogens is 260 g/mol. The van der Waals surface area contributed by atoms with Gasteiger partial charge in [0.15, 0.2) is 4.47 Å². The highest BCUT2D eigenvalue weighted by Crippen LogP contribution is 2.21. The molecule has 0 aliphatic carbocycles. The quantitative estimate of drug-likeness (QED) is 0.846. The first-order valence-corrected chi connectivity index (χ1v) is 6.94. The minimum atomic E-state index is -0.0212. The van der Waals surface area contributed by atoms with E-state index in [9.17, 15) is 4.79 Å². The third-order valence-corrected chi connectivity index (χ3v) is 3.80. The van der Waals surface area contributed by atoms with E-state index < -0.39 is 0 Å². The second-order valence-corrected chi connectivity index (χ2v) is 5.49. The van der Waals surface area contributed by atoms with Gasteiger partial charge in [0.2, 0.25) is 0 Å². The Balaban J connectivity index is 1.90. The molecular formula is C11H15ClN2O2S. The van der Waals surface area contributed by atoms with Gasteiger partial charge in [-0.05, 0) is 13.3 Å². The Labute approximate surface area is 110 Å². The van der Waals surface area contributed by atoms with Gasteiger partial charge in [0.05, 0.1) is 6.61 Å². The van der Waals surface area contributed by atoms with Crippen LogP contribution in [-0.4, -0.2) is 42.1 Å². The maximum Gasteiger partial charge on any atom is 0.273 e. The molecule has 4 nitrogen and oxygen atoms in total. The lowest BCUT2D eigenvalue weighted by molar-refractivity contribution is 0.0758. The number of hydrogen-bond donors (Lipinski definition) is 0. The molecule has 0 aromatic carbocycles. The third-order valence-electron chi connectivity index (χ3n) is 2.83. The number of carbonyl (C=O) groups excluding carboxylic acids is 1. The Kier molecular flexibility index (Phi) is 4.36. The monoisotopic (exact) mass is 274 g/mol. The Bertz CT molecular complexity index is 397. The normalized spacial score (nSPS) is 19.9. The van der Waals surface area contributed by atoms with Crippen LogP contribution in [0.2, 0.25) is 4.47 Å². The highest BCUT2D eigenvalue weighted by molar-refractivity contribution is 7.14. The Morgan fingerprint density at radius 1 is 1.76 bits per heavy atom. The maximum absolute atomic E-state index is 12.1. The number of halogens is 1. The van der Waals surface area contributed by atoms with Crippen LogP contribution in [0.15, 0.2) is 5.38 Å². The summed E-state index contributed by atoms with van der Waals surface area (Å²) in [6.07, 6.45) is 1.00. The van der Waals surface area contributed by atoms with Crippen LogP contribution in [0.25, 0.3) is 0 Å². The summed E-state index contributed by atoms with van der Waals surface area (Å²) in [5.74, 6) is 0.431. The first kappa shape index (κ1) is 12.8. The van der Waals surface area contributed by atoms with Crippen molar-refractivity contribution in [1.29, 1.82) is 0 Å². The van der Waals surface area contributed by atoms with Gasteiger partial charge in [-0.15, -0.1) is 11.3 Å². The molecule has 0 N–H and O–H groups in total. The minimum Gasteiger partial charge on any atom is -0.381 e. The van der Waals surface area contributed by atoms with Crippen LogP contribution in [0.5, 0.6) is 0 Å². The Hall–Kier alpha value is -0.650. The van der Waals surface area contributed by atoms with Crippen molar-refractivity contribution in [2.45, 2.75) is 13.3 Å². The predicted octanol–water partition coefficient (Wildman–Crippen LogP) is 2.30. The number of amides is 1. The van der Waals surface area contributed by atoms with Crippen molar-refractivity contribution in [2.24, 2.45) is 5.92 Å². The van der Waals surface area contributed by atoms with Crippen LogP contribution in [0.4, 0.5) is 0 Å². The van der Waals surface area contributed by atoms with E-state index in [-0.39, 0.29) is 5.91 Å². The number of hydrogen-bond acceptors (Lipinski definition) is 4. The summed E-state index contributed by atoms with van der Waals surface area (Å²) in [5.41, 5.74) is 0.456. The van der Waals surface area contributed by atoms with Crippen LogP contribution < -0.4 is 0 Å². The minimum absolute atomic E-state index is 0.0212. The second-order valence-electron chi connectivity index (χ2n) is 4.05. The van der Waals surface area contributed by atoms with Crippen molar-refractivity contribution in [1.82, 2.24) is 9.88 Å². The molecule has 94 valence electrons. The second kappa shape index (κ2) is 5.80. The third kappa shape index (κ3) is 3.18. The molecule has 2 heterocycles. The molecule has 2 rings (SSSR count). The molecule has 0 radical (unpaired) electrons. The summed E-state index contributed by atoms with van der Waals surface area (Å²) < 4.78 is 5.80. The van der Waals surface area contributed by atoms with Crippen molar-refractivity contribution in [3.05, 3.63) is 15.5 Å². The summed E-state index contributed by atoms with van der Waals surface area (Å²) >= 11 is 7.01. The van der Waals surface area contributed by atoms with Gasteiger partial charge in [-0.25, -0.2) is 4.98 Å². The molecule has 1 aliphatic rings. The zero-order valence-corrected chi connectivity index (χ0v) is 11.3. The van der Waals surface area contributed by atoms with E-state index >= 15 is 0 Å². The highest BCUT2D eigenvalue weighted by Gasteiger charge is 2.28. The van der Waals surface area contributed by atoms with Crippen molar-refractivity contribution in [3.8, 4) is 0 Å². The van der Waals surface area contributed by atoms with Crippen molar-refractivity contribution in [2.75, 3.05) is 26.3 Å². The first-order valence-electron chi connectivity index (χ1n) is 5.68. The Morgan fingerprint density at radius 3 is 3.24 bits per heavy atom. The van der Waals surface area contributed by atoms with E-state index in [1.165, 1.54) is 11.3 Å². The fourth-order valence-corrected chi connectivity index (χ4v) is 2.69. The number of aromatic nitrogens is 1. The Morgan fingerprint density at radius 2 is 2.59 bits per heavy atom. The zero-order valence-electron chi connectivity index (χ0n) is 9.69. The largest absolute Gasteiger partial charge is 0.381 e. The number of carbonyl (C=O) groups is 1. The van der Waals surface area contributed by atoms with Gasteiger partial charge in [-0.2, -0.15) is 0 Å². The molecule has 1 aliphatic heterocycles. The van der Waals surface area contributed by atoms with E-state index in [0.717, 1.165) is 32.7 Å².